The zero-order chi connectivity index (χ0) is 22.2. The third-order valence-corrected chi connectivity index (χ3v) is 7.31. The molecular weight excluding hydrogens is 479 g/mol. The van der Waals surface area contributed by atoms with Gasteiger partial charge in [-0.05, 0) is 43.7 Å². The molecule has 1 aliphatic rings. The molecule has 0 bridgehead atoms. The number of nitrogens with zero attached hydrogens (tertiary/aromatic N) is 3. The van der Waals surface area contributed by atoms with Crippen molar-refractivity contribution >= 4 is 50.7 Å². The lowest BCUT2D eigenvalue weighted by Gasteiger charge is -2.12. The Bertz CT molecular complexity index is 1230. The fraction of sp³-hybridized carbons (Fsp3) is 0.350. The second kappa shape index (κ2) is 8.97. The number of thioether (sulfide) groups is 1. The van der Waals surface area contributed by atoms with Crippen LogP contribution in [0.4, 0.5) is 5.69 Å². The van der Waals surface area contributed by atoms with Crippen molar-refractivity contribution in [1.82, 2.24) is 15.0 Å². The molecule has 1 aromatic carbocycles. The van der Waals surface area contributed by atoms with Crippen LogP contribution in [0.5, 0.6) is 0 Å². The Balaban J connectivity index is 1.86. The zero-order valence-corrected chi connectivity index (χ0v) is 20.0. The summed E-state index contributed by atoms with van der Waals surface area (Å²) in [5.74, 6) is 1.30. The van der Waals surface area contributed by atoms with E-state index in [-0.39, 0.29) is 22.4 Å². The molecule has 31 heavy (non-hydrogen) atoms. The quantitative estimate of drug-likeness (QED) is 0.306. The first-order valence-electron chi connectivity index (χ1n) is 9.69. The van der Waals surface area contributed by atoms with Gasteiger partial charge in [0, 0.05) is 22.7 Å². The zero-order valence-electron chi connectivity index (χ0n) is 16.9. The number of halogens is 2. The molecule has 11 heteroatoms. The third kappa shape index (κ3) is 5.00. The van der Waals surface area contributed by atoms with Gasteiger partial charge in [-0.15, -0.1) is 0 Å². The SMILES string of the molecule is CCCS(=O)(=O)Nc1cc(Cl)cc(-c2nc(C3CC3)oc2-c2ccnc(SC)n2)c1Cl. The van der Waals surface area contributed by atoms with E-state index in [1.807, 2.05) is 6.26 Å². The summed E-state index contributed by atoms with van der Waals surface area (Å²) in [6, 6.07) is 4.87. The molecule has 4 rings (SSSR count). The second-order valence-corrected chi connectivity index (χ2v) is 10.6. The van der Waals surface area contributed by atoms with Gasteiger partial charge in [-0.25, -0.2) is 23.4 Å². The number of anilines is 1. The summed E-state index contributed by atoms with van der Waals surface area (Å²) in [6.07, 6.45) is 6.03. The molecule has 0 atom stereocenters. The van der Waals surface area contributed by atoms with Gasteiger partial charge in [0.1, 0.15) is 11.4 Å². The molecule has 2 aromatic heterocycles. The van der Waals surface area contributed by atoms with Crippen LogP contribution in [0.25, 0.3) is 22.7 Å². The summed E-state index contributed by atoms with van der Waals surface area (Å²) in [5, 5.41) is 1.11. The Kier molecular flexibility index (Phi) is 6.48. The Labute approximate surface area is 195 Å². The fourth-order valence-electron chi connectivity index (χ4n) is 3.09. The van der Waals surface area contributed by atoms with Crippen molar-refractivity contribution in [3.05, 3.63) is 40.3 Å². The molecule has 0 radical (unpaired) electrons. The maximum Gasteiger partial charge on any atom is 0.232 e. The minimum Gasteiger partial charge on any atom is -0.438 e. The average molecular weight is 499 g/mol. The van der Waals surface area contributed by atoms with Crippen molar-refractivity contribution in [1.29, 1.82) is 0 Å². The minimum atomic E-state index is -3.55. The van der Waals surface area contributed by atoms with E-state index >= 15 is 0 Å². The van der Waals surface area contributed by atoms with Crippen LogP contribution in [-0.4, -0.2) is 35.4 Å². The van der Waals surface area contributed by atoms with Crippen LogP contribution in [0.15, 0.2) is 34.0 Å². The lowest BCUT2D eigenvalue weighted by molar-refractivity contribution is 0.507. The van der Waals surface area contributed by atoms with Crippen LogP contribution in [0.1, 0.15) is 38.0 Å². The molecule has 1 aliphatic carbocycles. The van der Waals surface area contributed by atoms with Crippen molar-refractivity contribution in [2.75, 3.05) is 16.7 Å². The number of sulfonamides is 1. The molecule has 3 aromatic rings. The van der Waals surface area contributed by atoms with Crippen LogP contribution < -0.4 is 4.72 Å². The van der Waals surface area contributed by atoms with Crippen LogP contribution in [0, 0.1) is 0 Å². The molecular formula is C20H20Cl2N4O3S2. The average Bonchev–Trinajstić information content (AvgIpc) is 3.49. The van der Waals surface area contributed by atoms with Gasteiger partial charge in [0.05, 0.1) is 16.5 Å². The molecule has 1 N–H and O–H groups in total. The number of rotatable bonds is 8. The number of hydrogen-bond donors (Lipinski definition) is 1. The third-order valence-electron chi connectivity index (χ3n) is 4.65. The van der Waals surface area contributed by atoms with Crippen LogP contribution in [0.2, 0.25) is 10.0 Å². The first kappa shape index (κ1) is 22.4. The highest BCUT2D eigenvalue weighted by Gasteiger charge is 2.32. The fourth-order valence-corrected chi connectivity index (χ4v) is 5.10. The molecule has 1 saturated carbocycles. The van der Waals surface area contributed by atoms with E-state index in [0.29, 0.717) is 45.2 Å². The highest BCUT2D eigenvalue weighted by atomic mass is 35.5. The highest BCUT2D eigenvalue weighted by molar-refractivity contribution is 7.98. The lowest BCUT2D eigenvalue weighted by Crippen LogP contribution is -2.16. The highest BCUT2D eigenvalue weighted by Crippen LogP contribution is 2.46. The molecule has 164 valence electrons. The van der Waals surface area contributed by atoms with Gasteiger partial charge >= 0.3 is 0 Å². The van der Waals surface area contributed by atoms with Crippen molar-refractivity contribution < 1.29 is 12.8 Å². The molecule has 2 heterocycles. The number of nitrogens with one attached hydrogen (secondary N) is 1. The first-order valence-corrected chi connectivity index (χ1v) is 13.3. The van der Waals surface area contributed by atoms with Crippen molar-refractivity contribution in [2.45, 2.75) is 37.3 Å². The van der Waals surface area contributed by atoms with Crippen LogP contribution >= 0.6 is 35.0 Å². The summed E-state index contributed by atoms with van der Waals surface area (Å²) >= 11 is 14.4. The number of benzene rings is 1. The summed E-state index contributed by atoms with van der Waals surface area (Å²) < 4.78 is 33.2. The molecule has 1 fully saturated rings. The number of aromatic nitrogens is 3. The predicted octanol–water partition coefficient (Wildman–Crippen LogP) is 5.86. The molecule has 0 saturated heterocycles. The van der Waals surface area contributed by atoms with E-state index in [2.05, 4.69) is 14.7 Å². The maximum absolute atomic E-state index is 12.3. The molecule has 0 amide bonds. The Morgan fingerprint density at radius 1 is 1.26 bits per heavy atom. The Morgan fingerprint density at radius 2 is 2.03 bits per heavy atom. The van der Waals surface area contributed by atoms with Crippen molar-refractivity contribution in [2.24, 2.45) is 0 Å². The van der Waals surface area contributed by atoms with Crippen molar-refractivity contribution in [3.8, 4) is 22.7 Å². The Morgan fingerprint density at radius 3 is 2.71 bits per heavy atom. The smallest absolute Gasteiger partial charge is 0.232 e. The molecule has 0 spiro atoms. The largest absolute Gasteiger partial charge is 0.438 e. The van der Waals surface area contributed by atoms with Crippen LogP contribution in [-0.2, 0) is 10.0 Å². The van der Waals surface area contributed by atoms with Crippen molar-refractivity contribution in [3.63, 3.8) is 0 Å². The molecule has 7 nitrogen and oxygen atoms in total. The van der Waals surface area contributed by atoms with Gasteiger partial charge in [-0.2, -0.15) is 0 Å². The van der Waals surface area contributed by atoms with E-state index < -0.39 is 10.0 Å². The van der Waals surface area contributed by atoms with Gasteiger partial charge in [-0.1, -0.05) is 41.9 Å². The summed E-state index contributed by atoms with van der Waals surface area (Å²) in [5.41, 5.74) is 1.71. The minimum absolute atomic E-state index is 0.0232. The maximum atomic E-state index is 12.3. The van der Waals surface area contributed by atoms with Gasteiger partial charge < -0.3 is 4.42 Å². The van der Waals surface area contributed by atoms with E-state index in [9.17, 15) is 8.42 Å². The van der Waals surface area contributed by atoms with E-state index in [1.54, 1.807) is 25.3 Å². The van der Waals surface area contributed by atoms with Gasteiger partial charge in [0.25, 0.3) is 0 Å². The summed E-state index contributed by atoms with van der Waals surface area (Å²) in [7, 11) is -3.55. The summed E-state index contributed by atoms with van der Waals surface area (Å²) in [6.45, 7) is 1.79. The van der Waals surface area contributed by atoms with Gasteiger partial charge in [0.15, 0.2) is 16.8 Å². The van der Waals surface area contributed by atoms with E-state index in [4.69, 9.17) is 32.6 Å². The topological polar surface area (TPSA) is 98.0 Å². The number of hydrogen-bond acceptors (Lipinski definition) is 7. The normalized spacial score (nSPS) is 14.1. The van der Waals surface area contributed by atoms with Gasteiger partial charge in [0.2, 0.25) is 10.0 Å². The lowest BCUT2D eigenvalue weighted by atomic mass is 10.1. The molecule has 0 aliphatic heterocycles. The van der Waals surface area contributed by atoms with Crippen LogP contribution in [0.3, 0.4) is 0 Å². The van der Waals surface area contributed by atoms with E-state index in [0.717, 1.165) is 12.8 Å². The standard InChI is InChI=1S/C20H20Cl2N4O3S2/c1-3-8-31(27,28)26-15-10-12(21)9-13(16(15)22)17-18(29-19(25-17)11-4-5-11)14-6-7-23-20(24-14)30-2/h6-7,9-11,26H,3-5,8H2,1-2H3. The predicted molar refractivity (Wildman–Crippen MR) is 124 cm³/mol. The number of oxazole rings is 1. The van der Waals surface area contributed by atoms with E-state index in [1.165, 1.54) is 17.8 Å². The van der Waals surface area contributed by atoms with Gasteiger partial charge in [-0.3, -0.25) is 4.72 Å². The Hall–Kier alpha value is -1.81. The first-order chi connectivity index (χ1) is 14.8. The molecule has 0 unspecified atom stereocenters. The summed E-state index contributed by atoms with van der Waals surface area (Å²) in [4.78, 5) is 13.4. The monoisotopic (exact) mass is 498 g/mol. The second-order valence-electron chi connectivity index (χ2n) is 7.17.